The first-order valence-electron chi connectivity index (χ1n) is 6.49. The van der Waals surface area contributed by atoms with Gasteiger partial charge in [0.1, 0.15) is 0 Å². The predicted molar refractivity (Wildman–Crippen MR) is 79.7 cm³/mol. The zero-order valence-corrected chi connectivity index (χ0v) is 13.3. The first-order chi connectivity index (χ1) is 9.88. The van der Waals surface area contributed by atoms with Crippen molar-refractivity contribution in [2.75, 3.05) is 6.26 Å². The minimum Gasteiger partial charge on any atom is -0.481 e. The molecule has 8 heteroatoms. The van der Waals surface area contributed by atoms with E-state index in [0.29, 0.717) is 18.0 Å². The molecule has 0 bridgehead atoms. The maximum Gasteiger partial charge on any atom is 0.311 e. The van der Waals surface area contributed by atoms with Gasteiger partial charge in [-0.15, -0.1) is 0 Å². The fourth-order valence-corrected chi connectivity index (χ4v) is 3.01. The highest BCUT2D eigenvalue weighted by atomic mass is 35.5. The number of carboxylic acid groups (broad SMARTS) is 1. The van der Waals surface area contributed by atoms with Crippen LogP contribution in [0.25, 0.3) is 0 Å². The van der Waals surface area contributed by atoms with Gasteiger partial charge in [-0.25, -0.2) is 9.97 Å². The van der Waals surface area contributed by atoms with Crippen molar-refractivity contribution in [2.45, 2.75) is 37.4 Å². The highest BCUT2D eigenvalue weighted by molar-refractivity contribution is 7.98. The number of carbonyl (C=O) groups excluding carboxylic acids is 1. The Labute approximate surface area is 131 Å². The average Bonchev–Trinajstić information content (AvgIpc) is 2.82. The lowest BCUT2D eigenvalue weighted by Crippen LogP contribution is -2.47. The molecular formula is C13H16ClN3O3S. The molecule has 0 saturated heterocycles. The minimum atomic E-state index is -0.947. The summed E-state index contributed by atoms with van der Waals surface area (Å²) in [6.45, 7) is 1.65. The molecule has 0 radical (unpaired) electrons. The van der Waals surface area contributed by atoms with Crippen LogP contribution in [0.15, 0.2) is 11.4 Å². The summed E-state index contributed by atoms with van der Waals surface area (Å²) in [5.74, 6) is -1.36. The summed E-state index contributed by atoms with van der Waals surface area (Å²) < 4.78 is 0. The predicted octanol–water partition coefficient (Wildman–Crippen LogP) is 2.23. The quantitative estimate of drug-likeness (QED) is 0.650. The Morgan fingerprint density at radius 1 is 1.57 bits per heavy atom. The molecule has 1 saturated carbocycles. The standard InChI is InChI=1S/C13H16ClN3O3S/c1-13(11(19)20)5-3-4-8(13)16-10(18)9-7(14)6-15-12(17-9)21-2/h6,8H,3-5H2,1-2H3,(H,16,18)(H,19,20). The smallest absolute Gasteiger partial charge is 0.311 e. The van der Waals surface area contributed by atoms with Gasteiger partial charge in [0.25, 0.3) is 5.91 Å². The molecule has 2 atom stereocenters. The summed E-state index contributed by atoms with van der Waals surface area (Å²) in [5, 5.41) is 12.7. The van der Waals surface area contributed by atoms with Crippen LogP contribution in [0.1, 0.15) is 36.7 Å². The Morgan fingerprint density at radius 2 is 2.29 bits per heavy atom. The van der Waals surface area contributed by atoms with Gasteiger partial charge in [0.05, 0.1) is 16.6 Å². The maximum atomic E-state index is 12.3. The van der Waals surface area contributed by atoms with Crippen LogP contribution in [0, 0.1) is 5.41 Å². The number of aromatic nitrogens is 2. The molecule has 114 valence electrons. The van der Waals surface area contributed by atoms with Gasteiger partial charge in [0.15, 0.2) is 10.9 Å². The third-order valence-electron chi connectivity index (χ3n) is 3.87. The normalized spacial score (nSPS) is 24.8. The van der Waals surface area contributed by atoms with Crippen LogP contribution >= 0.6 is 23.4 Å². The van der Waals surface area contributed by atoms with E-state index >= 15 is 0 Å². The zero-order valence-electron chi connectivity index (χ0n) is 11.7. The van der Waals surface area contributed by atoms with Crippen LogP contribution in [0.5, 0.6) is 0 Å². The van der Waals surface area contributed by atoms with Crippen molar-refractivity contribution < 1.29 is 14.7 Å². The topological polar surface area (TPSA) is 92.2 Å². The van der Waals surface area contributed by atoms with E-state index in [1.165, 1.54) is 18.0 Å². The third kappa shape index (κ3) is 3.13. The molecule has 1 aliphatic rings. The molecule has 2 unspecified atom stereocenters. The van der Waals surface area contributed by atoms with E-state index in [2.05, 4.69) is 15.3 Å². The van der Waals surface area contributed by atoms with Crippen LogP contribution < -0.4 is 5.32 Å². The number of carboxylic acids is 1. The van der Waals surface area contributed by atoms with Crippen molar-refractivity contribution >= 4 is 35.2 Å². The van der Waals surface area contributed by atoms with Gasteiger partial charge < -0.3 is 10.4 Å². The number of aliphatic carboxylic acids is 1. The first-order valence-corrected chi connectivity index (χ1v) is 8.09. The summed E-state index contributed by atoms with van der Waals surface area (Å²) in [6, 6.07) is -0.425. The van der Waals surface area contributed by atoms with Crippen molar-refractivity contribution in [3.8, 4) is 0 Å². The van der Waals surface area contributed by atoms with Crippen molar-refractivity contribution in [1.29, 1.82) is 0 Å². The number of rotatable bonds is 4. The Kier molecular flexibility index (Phi) is 4.73. The molecule has 0 spiro atoms. The molecule has 1 aromatic heterocycles. The van der Waals surface area contributed by atoms with E-state index in [-0.39, 0.29) is 10.7 Å². The first kappa shape index (κ1) is 16.0. The molecule has 2 rings (SSSR count). The molecule has 1 aromatic rings. The zero-order chi connectivity index (χ0) is 15.6. The number of hydrogen-bond acceptors (Lipinski definition) is 5. The minimum absolute atomic E-state index is 0.0793. The third-order valence-corrected chi connectivity index (χ3v) is 4.71. The van der Waals surface area contributed by atoms with E-state index in [4.69, 9.17) is 11.6 Å². The summed E-state index contributed by atoms with van der Waals surface area (Å²) in [7, 11) is 0. The van der Waals surface area contributed by atoms with Gasteiger partial charge >= 0.3 is 5.97 Å². The van der Waals surface area contributed by atoms with Gasteiger partial charge in [-0.1, -0.05) is 29.8 Å². The largest absolute Gasteiger partial charge is 0.481 e. The lowest BCUT2D eigenvalue weighted by Gasteiger charge is -2.27. The second-order valence-corrected chi connectivity index (χ2v) is 6.37. The Morgan fingerprint density at radius 3 is 2.90 bits per heavy atom. The lowest BCUT2D eigenvalue weighted by molar-refractivity contribution is -0.148. The summed E-state index contributed by atoms with van der Waals surface area (Å²) in [6.07, 6.45) is 5.11. The van der Waals surface area contributed by atoms with Crippen LogP contribution in [-0.4, -0.2) is 39.2 Å². The van der Waals surface area contributed by atoms with E-state index < -0.39 is 23.3 Å². The second-order valence-electron chi connectivity index (χ2n) is 5.19. The van der Waals surface area contributed by atoms with Crippen LogP contribution in [0.4, 0.5) is 0 Å². The number of carbonyl (C=O) groups is 2. The maximum absolute atomic E-state index is 12.3. The van der Waals surface area contributed by atoms with Crippen LogP contribution in [0.3, 0.4) is 0 Å². The number of amides is 1. The fourth-order valence-electron chi connectivity index (χ4n) is 2.49. The van der Waals surface area contributed by atoms with E-state index in [1.807, 2.05) is 0 Å². The molecular weight excluding hydrogens is 314 g/mol. The number of nitrogens with zero attached hydrogens (tertiary/aromatic N) is 2. The molecule has 0 aliphatic heterocycles. The van der Waals surface area contributed by atoms with Gasteiger partial charge in [-0.05, 0) is 26.0 Å². The van der Waals surface area contributed by atoms with E-state index in [0.717, 1.165) is 6.42 Å². The molecule has 2 N–H and O–H groups in total. The number of halogens is 1. The van der Waals surface area contributed by atoms with Gasteiger partial charge in [-0.2, -0.15) is 0 Å². The number of hydrogen-bond donors (Lipinski definition) is 2. The molecule has 0 aromatic carbocycles. The van der Waals surface area contributed by atoms with Crippen LogP contribution in [-0.2, 0) is 4.79 Å². The Balaban J connectivity index is 2.20. The summed E-state index contributed by atoms with van der Waals surface area (Å²) >= 11 is 7.26. The highest BCUT2D eigenvalue weighted by Crippen LogP contribution is 2.38. The lowest BCUT2D eigenvalue weighted by atomic mass is 9.85. The van der Waals surface area contributed by atoms with Gasteiger partial charge in [-0.3, -0.25) is 9.59 Å². The number of nitrogens with one attached hydrogen (secondary N) is 1. The SMILES string of the molecule is CSc1ncc(Cl)c(C(=O)NC2CCCC2(C)C(=O)O)n1. The van der Waals surface area contributed by atoms with Crippen molar-refractivity contribution in [3.63, 3.8) is 0 Å². The average molecular weight is 330 g/mol. The number of thioether (sulfide) groups is 1. The molecule has 1 fully saturated rings. The van der Waals surface area contributed by atoms with Gasteiger partial charge in [0, 0.05) is 6.04 Å². The van der Waals surface area contributed by atoms with Crippen molar-refractivity contribution in [1.82, 2.24) is 15.3 Å². The molecule has 6 nitrogen and oxygen atoms in total. The van der Waals surface area contributed by atoms with Crippen LogP contribution in [0.2, 0.25) is 5.02 Å². The van der Waals surface area contributed by atoms with Crippen molar-refractivity contribution in [2.24, 2.45) is 5.41 Å². The summed E-state index contributed by atoms with van der Waals surface area (Å²) in [4.78, 5) is 31.8. The Bertz CT molecular complexity index is 584. The monoisotopic (exact) mass is 329 g/mol. The van der Waals surface area contributed by atoms with E-state index in [1.54, 1.807) is 13.2 Å². The second kappa shape index (κ2) is 6.19. The van der Waals surface area contributed by atoms with Crippen molar-refractivity contribution in [3.05, 3.63) is 16.9 Å². The molecule has 21 heavy (non-hydrogen) atoms. The Hall–Kier alpha value is -1.34. The summed E-state index contributed by atoms with van der Waals surface area (Å²) in [5.41, 5.74) is -0.868. The van der Waals surface area contributed by atoms with E-state index in [9.17, 15) is 14.7 Å². The fraction of sp³-hybridized carbons (Fsp3) is 0.538. The van der Waals surface area contributed by atoms with Gasteiger partial charge in [0.2, 0.25) is 0 Å². The highest BCUT2D eigenvalue weighted by Gasteiger charge is 2.46. The molecule has 1 amide bonds. The molecule has 1 aliphatic carbocycles. The molecule has 1 heterocycles.